The molecule has 1 aromatic rings. The zero-order valence-corrected chi connectivity index (χ0v) is 19.0. The first-order valence-corrected chi connectivity index (χ1v) is 11.7. The van der Waals surface area contributed by atoms with Gasteiger partial charge in [0.1, 0.15) is 0 Å². The predicted octanol–water partition coefficient (Wildman–Crippen LogP) is 4.89. The van der Waals surface area contributed by atoms with Crippen LogP contribution in [-0.2, 0) is 0 Å². The molecular formula is C24H32Cl2N2O2. The molecular weight excluding hydrogens is 419 g/mol. The van der Waals surface area contributed by atoms with E-state index in [9.17, 15) is 9.59 Å². The van der Waals surface area contributed by atoms with Gasteiger partial charge in [-0.1, -0.05) is 11.6 Å². The number of rotatable bonds is 5. The van der Waals surface area contributed by atoms with Crippen LogP contribution in [0, 0.1) is 29.1 Å². The summed E-state index contributed by atoms with van der Waals surface area (Å²) in [7, 11) is 0. The van der Waals surface area contributed by atoms with E-state index in [0.29, 0.717) is 21.6 Å². The molecule has 4 bridgehead atoms. The fourth-order valence-electron chi connectivity index (χ4n) is 7.04. The minimum atomic E-state index is -0.134. The Morgan fingerprint density at radius 1 is 1.03 bits per heavy atom. The number of hydrogen-bond acceptors (Lipinski definition) is 3. The van der Waals surface area contributed by atoms with Gasteiger partial charge in [-0.25, -0.2) is 0 Å². The molecule has 4 aliphatic carbocycles. The summed E-state index contributed by atoms with van der Waals surface area (Å²) in [5.74, 6) is 2.65. The van der Waals surface area contributed by atoms with Gasteiger partial charge in [-0.05, 0) is 106 Å². The maximum atomic E-state index is 13.0. The lowest BCUT2D eigenvalue weighted by atomic mass is 9.49. The van der Waals surface area contributed by atoms with E-state index in [0.717, 1.165) is 50.2 Å². The zero-order valence-electron chi connectivity index (χ0n) is 17.4. The molecule has 0 unspecified atom stereocenters. The summed E-state index contributed by atoms with van der Waals surface area (Å²) in [6, 6.07) is 5.18. The summed E-state index contributed by atoms with van der Waals surface area (Å²) in [6.45, 7) is 2.50. The normalized spacial score (nSPS) is 32.5. The maximum Gasteiger partial charge on any atom is 0.252 e. The minimum absolute atomic E-state index is 0. The molecule has 5 aliphatic rings. The Morgan fingerprint density at radius 2 is 1.63 bits per heavy atom. The van der Waals surface area contributed by atoms with Gasteiger partial charge in [0, 0.05) is 18.0 Å². The smallest absolute Gasteiger partial charge is 0.252 e. The highest BCUT2D eigenvalue weighted by molar-refractivity contribution is 6.34. The van der Waals surface area contributed by atoms with Gasteiger partial charge >= 0.3 is 0 Å². The Hall–Kier alpha value is -1.10. The van der Waals surface area contributed by atoms with Crippen LogP contribution in [0.1, 0.15) is 72.1 Å². The van der Waals surface area contributed by atoms with E-state index in [-0.39, 0.29) is 30.0 Å². The Kier molecular flexibility index (Phi) is 6.48. The molecule has 0 aromatic heterocycles. The van der Waals surface area contributed by atoms with E-state index < -0.39 is 0 Å². The molecule has 6 rings (SSSR count). The number of benzene rings is 1. The average Bonchev–Trinajstić information content (AvgIpc) is 2.71. The number of hydrogen-bond donors (Lipinski definition) is 2. The first-order valence-electron chi connectivity index (χ1n) is 11.3. The van der Waals surface area contributed by atoms with Gasteiger partial charge in [-0.3, -0.25) is 9.59 Å². The van der Waals surface area contributed by atoms with Crippen molar-refractivity contribution in [2.75, 3.05) is 19.6 Å². The van der Waals surface area contributed by atoms with Crippen molar-refractivity contribution < 1.29 is 9.59 Å². The Bertz CT molecular complexity index is 784. The van der Waals surface area contributed by atoms with E-state index in [1.807, 2.05) is 0 Å². The van der Waals surface area contributed by atoms with E-state index in [2.05, 4.69) is 10.6 Å². The van der Waals surface area contributed by atoms with Crippen LogP contribution in [0.25, 0.3) is 0 Å². The van der Waals surface area contributed by atoms with Crippen molar-refractivity contribution in [3.05, 3.63) is 34.3 Å². The standard InChI is InChI=1S/C24H31ClN2O2.ClH/c25-21-2-1-19(22(28)18-3-5-26-6-4-18)10-20(21)23(29)27-14-24-11-15-7-16(12-24)9-17(8-15)13-24;/h1-2,10,15-18,26H,3-9,11-14H2,(H,27,29);1H. The number of Topliss-reactive ketones (excluding diaryl/α,β-unsaturated/α-hetero) is 1. The number of nitrogens with one attached hydrogen (secondary N) is 2. The van der Waals surface area contributed by atoms with Crippen LogP contribution in [0.15, 0.2) is 18.2 Å². The summed E-state index contributed by atoms with van der Waals surface area (Å²) in [6.07, 6.45) is 9.72. The largest absolute Gasteiger partial charge is 0.351 e. The lowest BCUT2D eigenvalue weighted by molar-refractivity contribution is -0.0503. The summed E-state index contributed by atoms with van der Waals surface area (Å²) >= 11 is 6.35. The second-order valence-electron chi connectivity index (χ2n) is 10.2. The predicted molar refractivity (Wildman–Crippen MR) is 122 cm³/mol. The number of piperidine rings is 1. The molecule has 2 N–H and O–H groups in total. The molecule has 5 fully saturated rings. The van der Waals surface area contributed by atoms with Crippen LogP contribution in [0.5, 0.6) is 0 Å². The third-order valence-corrected chi connectivity index (χ3v) is 8.32. The maximum absolute atomic E-state index is 13.0. The fraction of sp³-hybridized carbons (Fsp3) is 0.667. The van der Waals surface area contributed by atoms with Gasteiger partial charge in [-0.2, -0.15) is 0 Å². The second kappa shape index (κ2) is 8.80. The fourth-order valence-corrected chi connectivity index (χ4v) is 7.25. The van der Waals surface area contributed by atoms with Gasteiger partial charge in [0.15, 0.2) is 5.78 Å². The van der Waals surface area contributed by atoms with Crippen molar-refractivity contribution in [3.8, 4) is 0 Å². The van der Waals surface area contributed by atoms with E-state index >= 15 is 0 Å². The van der Waals surface area contributed by atoms with Crippen molar-refractivity contribution in [3.63, 3.8) is 0 Å². The number of ketones is 1. The molecule has 1 aromatic carbocycles. The Labute approximate surface area is 190 Å². The van der Waals surface area contributed by atoms with Crippen molar-refractivity contribution in [2.24, 2.45) is 29.1 Å². The molecule has 164 valence electrons. The topological polar surface area (TPSA) is 58.2 Å². The highest BCUT2D eigenvalue weighted by atomic mass is 35.5. The Morgan fingerprint density at radius 3 is 2.23 bits per heavy atom. The van der Waals surface area contributed by atoms with Crippen LogP contribution in [-0.4, -0.2) is 31.3 Å². The average molecular weight is 451 g/mol. The summed E-state index contributed by atoms with van der Waals surface area (Å²) < 4.78 is 0. The number of carbonyl (C=O) groups excluding carboxylic acids is 2. The molecule has 6 heteroatoms. The molecule has 0 spiro atoms. The highest BCUT2D eigenvalue weighted by Crippen LogP contribution is 2.59. The monoisotopic (exact) mass is 450 g/mol. The number of carbonyl (C=O) groups is 2. The quantitative estimate of drug-likeness (QED) is 0.627. The van der Waals surface area contributed by atoms with Crippen LogP contribution in [0.4, 0.5) is 0 Å². The van der Waals surface area contributed by atoms with Crippen molar-refractivity contribution in [1.82, 2.24) is 10.6 Å². The van der Waals surface area contributed by atoms with Crippen molar-refractivity contribution in [1.29, 1.82) is 0 Å². The van der Waals surface area contributed by atoms with Crippen molar-refractivity contribution in [2.45, 2.75) is 51.4 Å². The van der Waals surface area contributed by atoms with Crippen LogP contribution in [0.3, 0.4) is 0 Å². The highest BCUT2D eigenvalue weighted by Gasteiger charge is 2.50. The minimum Gasteiger partial charge on any atom is -0.351 e. The third-order valence-electron chi connectivity index (χ3n) is 7.99. The van der Waals surface area contributed by atoms with Crippen LogP contribution in [0.2, 0.25) is 5.02 Å². The number of amides is 1. The van der Waals surface area contributed by atoms with E-state index in [1.54, 1.807) is 18.2 Å². The lowest BCUT2D eigenvalue weighted by Crippen LogP contribution is -2.51. The number of halogens is 2. The molecule has 4 nitrogen and oxygen atoms in total. The van der Waals surface area contributed by atoms with Gasteiger partial charge in [-0.15, -0.1) is 12.4 Å². The lowest BCUT2D eigenvalue weighted by Gasteiger charge is -2.56. The zero-order chi connectivity index (χ0) is 20.0. The summed E-state index contributed by atoms with van der Waals surface area (Å²) in [5.41, 5.74) is 1.34. The van der Waals surface area contributed by atoms with Crippen LogP contribution >= 0.6 is 24.0 Å². The van der Waals surface area contributed by atoms with Crippen LogP contribution < -0.4 is 10.6 Å². The molecule has 30 heavy (non-hydrogen) atoms. The molecule has 1 aliphatic heterocycles. The summed E-state index contributed by atoms with van der Waals surface area (Å²) in [4.78, 5) is 25.9. The first-order chi connectivity index (χ1) is 14.0. The summed E-state index contributed by atoms with van der Waals surface area (Å²) in [5, 5.41) is 6.92. The van der Waals surface area contributed by atoms with E-state index in [1.165, 1.54) is 38.5 Å². The van der Waals surface area contributed by atoms with E-state index in [4.69, 9.17) is 11.6 Å². The third kappa shape index (κ3) is 4.28. The molecule has 0 radical (unpaired) electrons. The molecule has 1 saturated heterocycles. The second-order valence-corrected chi connectivity index (χ2v) is 10.6. The van der Waals surface area contributed by atoms with Gasteiger partial charge in [0.05, 0.1) is 10.6 Å². The molecule has 1 amide bonds. The Balaban J connectivity index is 0.00000218. The van der Waals surface area contributed by atoms with Gasteiger partial charge in [0.2, 0.25) is 0 Å². The SMILES string of the molecule is Cl.O=C(NCC12CC3CC(CC(C3)C1)C2)c1cc(C(=O)C2CCNCC2)ccc1Cl. The molecule has 4 saturated carbocycles. The molecule has 1 heterocycles. The van der Waals surface area contributed by atoms with Gasteiger partial charge in [0.25, 0.3) is 5.91 Å². The first kappa shape index (κ1) is 22.1. The molecule has 0 atom stereocenters. The van der Waals surface area contributed by atoms with Gasteiger partial charge < -0.3 is 10.6 Å². The van der Waals surface area contributed by atoms with Crippen molar-refractivity contribution >= 4 is 35.7 Å².